The lowest BCUT2D eigenvalue weighted by molar-refractivity contribution is -0.116. The third-order valence-corrected chi connectivity index (χ3v) is 3.94. The van der Waals surface area contributed by atoms with E-state index in [-0.39, 0.29) is 12.3 Å². The molecule has 1 heterocycles. The molecule has 7 heteroatoms. The van der Waals surface area contributed by atoms with Gasteiger partial charge < -0.3 is 14.6 Å². The Balaban J connectivity index is 1.56. The van der Waals surface area contributed by atoms with E-state index in [4.69, 9.17) is 20.9 Å². The van der Waals surface area contributed by atoms with Crippen LogP contribution >= 0.6 is 11.6 Å². The average Bonchev–Trinajstić information content (AvgIpc) is 3.12. The first-order valence-electron chi connectivity index (χ1n) is 8.26. The molecule has 0 saturated heterocycles. The van der Waals surface area contributed by atoms with E-state index in [9.17, 15) is 4.79 Å². The molecule has 26 heavy (non-hydrogen) atoms. The Hall–Kier alpha value is -2.86. The van der Waals surface area contributed by atoms with Crippen LogP contribution in [0.25, 0.3) is 11.4 Å². The molecule has 0 aliphatic carbocycles. The van der Waals surface area contributed by atoms with E-state index in [0.29, 0.717) is 35.5 Å². The van der Waals surface area contributed by atoms with Crippen LogP contribution in [0.3, 0.4) is 0 Å². The zero-order chi connectivity index (χ0) is 18.4. The highest BCUT2D eigenvalue weighted by molar-refractivity contribution is 6.33. The number of aromatic nitrogens is 2. The van der Waals surface area contributed by atoms with Gasteiger partial charge in [-0.25, -0.2) is 0 Å². The van der Waals surface area contributed by atoms with Crippen molar-refractivity contribution in [2.24, 2.45) is 0 Å². The molecule has 0 radical (unpaired) electrons. The number of benzene rings is 2. The van der Waals surface area contributed by atoms with Gasteiger partial charge in [-0.15, -0.1) is 0 Å². The number of aryl methyl sites for hydroxylation is 1. The quantitative estimate of drug-likeness (QED) is 0.667. The first kappa shape index (κ1) is 17.9. The SMILES string of the molecule is CCOc1ccc(-c2noc(CCC(=O)Nc3ccccc3Cl)n2)cc1. The fraction of sp³-hybridized carbons (Fsp3) is 0.211. The standard InChI is InChI=1S/C19H18ClN3O3/c1-2-25-14-9-7-13(8-10-14)19-22-18(26-23-19)12-11-17(24)21-16-6-4-3-5-15(16)20/h3-10H,2,11-12H2,1H3,(H,21,24). The van der Waals surface area contributed by atoms with Crippen molar-refractivity contribution in [1.29, 1.82) is 0 Å². The van der Waals surface area contributed by atoms with E-state index in [2.05, 4.69) is 15.5 Å². The summed E-state index contributed by atoms with van der Waals surface area (Å²) in [4.78, 5) is 16.4. The summed E-state index contributed by atoms with van der Waals surface area (Å²) >= 11 is 6.02. The lowest BCUT2D eigenvalue weighted by Crippen LogP contribution is -2.12. The van der Waals surface area contributed by atoms with E-state index in [1.807, 2.05) is 37.3 Å². The monoisotopic (exact) mass is 371 g/mol. The highest BCUT2D eigenvalue weighted by Gasteiger charge is 2.12. The van der Waals surface area contributed by atoms with Gasteiger partial charge in [-0.1, -0.05) is 28.9 Å². The number of rotatable bonds is 7. The summed E-state index contributed by atoms with van der Waals surface area (Å²) in [6.07, 6.45) is 0.566. The maximum atomic E-state index is 12.0. The van der Waals surface area contributed by atoms with Gasteiger partial charge in [0.05, 0.1) is 17.3 Å². The van der Waals surface area contributed by atoms with Crippen molar-refractivity contribution in [1.82, 2.24) is 10.1 Å². The van der Waals surface area contributed by atoms with E-state index in [0.717, 1.165) is 11.3 Å². The van der Waals surface area contributed by atoms with Crippen LogP contribution in [0.1, 0.15) is 19.2 Å². The minimum atomic E-state index is -0.168. The first-order chi connectivity index (χ1) is 12.7. The maximum Gasteiger partial charge on any atom is 0.227 e. The summed E-state index contributed by atoms with van der Waals surface area (Å²) in [6.45, 7) is 2.54. The van der Waals surface area contributed by atoms with Gasteiger partial charge in [0.2, 0.25) is 17.6 Å². The van der Waals surface area contributed by atoms with E-state index in [1.54, 1.807) is 18.2 Å². The van der Waals surface area contributed by atoms with Crippen LogP contribution in [0.15, 0.2) is 53.1 Å². The number of nitrogens with zero attached hydrogens (tertiary/aromatic N) is 2. The van der Waals surface area contributed by atoms with Gasteiger partial charge >= 0.3 is 0 Å². The second-order valence-corrected chi connectivity index (χ2v) is 5.90. The number of hydrogen-bond acceptors (Lipinski definition) is 5. The fourth-order valence-corrected chi connectivity index (χ4v) is 2.52. The van der Waals surface area contributed by atoms with Crippen molar-refractivity contribution in [2.75, 3.05) is 11.9 Å². The molecule has 1 amide bonds. The fourth-order valence-electron chi connectivity index (χ4n) is 2.34. The number of carbonyl (C=O) groups excluding carboxylic acids is 1. The molecule has 0 fully saturated rings. The molecule has 0 aliphatic heterocycles. The van der Waals surface area contributed by atoms with Crippen LogP contribution in [0, 0.1) is 0 Å². The zero-order valence-electron chi connectivity index (χ0n) is 14.2. The van der Waals surface area contributed by atoms with Gasteiger partial charge in [-0.2, -0.15) is 4.98 Å². The Bertz CT molecular complexity index is 878. The van der Waals surface area contributed by atoms with E-state index < -0.39 is 0 Å². The molecule has 2 aromatic carbocycles. The summed E-state index contributed by atoms with van der Waals surface area (Å²) in [5.74, 6) is 1.51. The number of nitrogens with one attached hydrogen (secondary N) is 1. The largest absolute Gasteiger partial charge is 0.494 e. The number of para-hydroxylation sites is 1. The molecule has 1 aromatic heterocycles. The molecule has 0 spiro atoms. The van der Waals surface area contributed by atoms with Crippen molar-refractivity contribution in [3.05, 3.63) is 59.4 Å². The number of ether oxygens (including phenoxy) is 1. The van der Waals surface area contributed by atoms with Crippen molar-refractivity contribution in [2.45, 2.75) is 19.8 Å². The smallest absolute Gasteiger partial charge is 0.227 e. The Morgan fingerprint density at radius 2 is 1.96 bits per heavy atom. The first-order valence-corrected chi connectivity index (χ1v) is 8.63. The van der Waals surface area contributed by atoms with Crippen LogP contribution in [0.5, 0.6) is 5.75 Å². The Kier molecular flexibility index (Phi) is 5.86. The summed E-state index contributed by atoms with van der Waals surface area (Å²) in [6, 6.07) is 14.5. The average molecular weight is 372 g/mol. The number of hydrogen-bond donors (Lipinski definition) is 1. The van der Waals surface area contributed by atoms with Crippen molar-refractivity contribution < 1.29 is 14.1 Å². The second kappa shape index (κ2) is 8.49. The van der Waals surface area contributed by atoms with Crippen molar-refractivity contribution >= 4 is 23.2 Å². The van der Waals surface area contributed by atoms with Gasteiger partial charge in [0.25, 0.3) is 0 Å². The number of amides is 1. The Morgan fingerprint density at radius 3 is 2.69 bits per heavy atom. The number of anilines is 1. The van der Waals surface area contributed by atoms with Gasteiger partial charge in [0.1, 0.15) is 5.75 Å². The number of carbonyl (C=O) groups is 1. The van der Waals surface area contributed by atoms with Crippen LogP contribution in [0.2, 0.25) is 5.02 Å². The van der Waals surface area contributed by atoms with Crippen LogP contribution < -0.4 is 10.1 Å². The predicted molar refractivity (Wildman–Crippen MR) is 99.3 cm³/mol. The van der Waals surface area contributed by atoms with Gasteiger partial charge in [-0.05, 0) is 43.3 Å². The molecule has 3 rings (SSSR count). The molecule has 0 unspecified atom stereocenters. The molecule has 0 bridgehead atoms. The highest BCUT2D eigenvalue weighted by Crippen LogP contribution is 2.22. The Labute approximate surface area is 156 Å². The van der Waals surface area contributed by atoms with Crippen molar-refractivity contribution in [3.63, 3.8) is 0 Å². The van der Waals surface area contributed by atoms with Gasteiger partial charge in [-0.3, -0.25) is 4.79 Å². The van der Waals surface area contributed by atoms with Crippen LogP contribution in [0.4, 0.5) is 5.69 Å². The van der Waals surface area contributed by atoms with E-state index >= 15 is 0 Å². The third kappa shape index (κ3) is 4.61. The molecule has 134 valence electrons. The molecule has 0 atom stereocenters. The lowest BCUT2D eigenvalue weighted by atomic mass is 10.2. The highest BCUT2D eigenvalue weighted by atomic mass is 35.5. The predicted octanol–water partition coefficient (Wildman–Crippen LogP) is 4.36. The minimum Gasteiger partial charge on any atom is -0.494 e. The zero-order valence-corrected chi connectivity index (χ0v) is 15.0. The summed E-state index contributed by atoms with van der Waals surface area (Å²) < 4.78 is 10.6. The van der Waals surface area contributed by atoms with Gasteiger partial charge in [0, 0.05) is 18.4 Å². The van der Waals surface area contributed by atoms with Gasteiger partial charge in [0.15, 0.2) is 0 Å². The molecule has 6 nitrogen and oxygen atoms in total. The molecule has 3 aromatic rings. The second-order valence-electron chi connectivity index (χ2n) is 5.50. The summed E-state index contributed by atoms with van der Waals surface area (Å²) in [5.41, 5.74) is 1.41. The topological polar surface area (TPSA) is 77.2 Å². The minimum absolute atomic E-state index is 0.168. The molecule has 0 saturated carbocycles. The molecule has 1 N–H and O–H groups in total. The molecular formula is C19H18ClN3O3. The normalized spacial score (nSPS) is 10.5. The summed E-state index contributed by atoms with van der Waals surface area (Å²) in [5, 5.41) is 7.22. The third-order valence-electron chi connectivity index (χ3n) is 3.61. The molecular weight excluding hydrogens is 354 g/mol. The number of halogens is 1. The van der Waals surface area contributed by atoms with Crippen LogP contribution in [-0.4, -0.2) is 22.7 Å². The maximum absolute atomic E-state index is 12.0. The van der Waals surface area contributed by atoms with Crippen LogP contribution in [-0.2, 0) is 11.2 Å². The van der Waals surface area contributed by atoms with Crippen molar-refractivity contribution in [3.8, 4) is 17.1 Å². The lowest BCUT2D eigenvalue weighted by Gasteiger charge is -2.05. The molecule has 0 aliphatic rings. The Morgan fingerprint density at radius 1 is 1.19 bits per heavy atom. The summed E-state index contributed by atoms with van der Waals surface area (Å²) in [7, 11) is 0. The van der Waals surface area contributed by atoms with E-state index in [1.165, 1.54) is 0 Å².